The van der Waals surface area contributed by atoms with E-state index in [1.165, 1.54) is 0 Å². The van der Waals surface area contributed by atoms with Crippen LogP contribution in [0.25, 0.3) is 22.2 Å². The standard InChI is InChI=1S/C17H18N4O.2ClH/c22-11-13-8-14(10-20-13)21-7-6-19-17(21)16-3-1-2-12-9-18-5-4-15(12)16;;/h1-7,9,13-14,20,22H,8,10-11H2;2*1H/t13-,14-;;/m0../s1. The third kappa shape index (κ3) is 3.26. The van der Waals surface area contributed by atoms with Crippen LogP contribution in [0.15, 0.2) is 49.1 Å². The molecule has 5 nitrogen and oxygen atoms in total. The van der Waals surface area contributed by atoms with E-state index in [4.69, 9.17) is 0 Å². The Morgan fingerprint density at radius 1 is 1.21 bits per heavy atom. The lowest BCUT2D eigenvalue weighted by Gasteiger charge is -2.16. The normalized spacial score (nSPS) is 19.7. The predicted molar refractivity (Wildman–Crippen MR) is 100.0 cm³/mol. The molecule has 4 rings (SSSR count). The Kier molecular flexibility index (Phi) is 6.18. The number of nitrogens with one attached hydrogen (secondary N) is 1. The molecule has 2 N–H and O–H groups in total. The van der Waals surface area contributed by atoms with Crippen molar-refractivity contribution >= 4 is 35.6 Å². The molecule has 3 aromatic rings. The summed E-state index contributed by atoms with van der Waals surface area (Å²) in [5.74, 6) is 0.974. The van der Waals surface area contributed by atoms with Gasteiger partial charge in [0.2, 0.25) is 0 Å². The van der Waals surface area contributed by atoms with E-state index in [0.717, 1.165) is 35.1 Å². The average molecular weight is 367 g/mol. The molecule has 0 unspecified atom stereocenters. The van der Waals surface area contributed by atoms with E-state index < -0.39 is 0 Å². The fourth-order valence-electron chi connectivity index (χ4n) is 3.28. The maximum Gasteiger partial charge on any atom is 0.140 e. The smallest absolute Gasteiger partial charge is 0.140 e. The summed E-state index contributed by atoms with van der Waals surface area (Å²) >= 11 is 0. The van der Waals surface area contributed by atoms with Gasteiger partial charge in [0, 0.05) is 54.4 Å². The largest absolute Gasteiger partial charge is 0.395 e. The number of hydrogen-bond donors (Lipinski definition) is 2. The fourth-order valence-corrected chi connectivity index (χ4v) is 3.28. The Morgan fingerprint density at radius 2 is 2.08 bits per heavy atom. The molecule has 1 fully saturated rings. The molecule has 1 saturated heterocycles. The van der Waals surface area contributed by atoms with Crippen molar-refractivity contribution in [3.05, 3.63) is 49.1 Å². The molecule has 24 heavy (non-hydrogen) atoms. The van der Waals surface area contributed by atoms with Crippen LogP contribution in [0, 0.1) is 0 Å². The van der Waals surface area contributed by atoms with Crippen LogP contribution in [-0.4, -0.2) is 38.8 Å². The Balaban J connectivity index is 0.00000104. The number of rotatable bonds is 3. The van der Waals surface area contributed by atoms with Crippen molar-refractivity contribution in [1.29, 1.82) is 0 Å². The highest BCUT2D eigenvalue weighted by molar-refractivity contribution is 5.94. The van der Waals surface area contributed by atoms with Gasteiger partial charge < -0.3 is 15.0 Å². The second kappa shape index (κ2) is 7.94. The van der Waals surface area contributed by atoms with E-state index in [2.05, 4.69) is 32.0 Å². The molecule has 1 aliphatic heterocycles. The second-order valence-corrected chi connectivity index (χ2v) is 5.74. The van der Waals surface area contributed by atoms with Crippen molar-refractivity contribution in [2.24, 2.45) is 0 Å². The van der Waals surface area contributed by atoms with Crippen LogP contribution in [0.2, 0.25) is 0 Å². The lowest BCUT2D eigenvalue weighted by Crippen LogP contribution is -2.24. The molecule has 2 atom stereocenters. The number of aliphatic hydroxyl groups excluding tert-OH is 1. The zero-order valence-electron chi connectivity index (χ0n) is 13.0. The summed E-state index contributed by atoms with van der Waals surface area (Å²) < 4.78 is 2.22. The molecule has 2 aromatic heterocycles. The molecule has 1 aromatic carbocycles. The summed E-state index contributed by atoms with van der Waals surface area (Å²) in [5, 5.41) is 14.9. The van der Waals surface area contributed by atoms with Crippen LogP contribution in [0.3, 0.4) is 0 Å². The summed E-state index contributed by atoms with van der Waals surface area (Å²) in [6, 6.07) is 8.75. The molecule has 0 aliphatic carbocycles. The van der Waals surface area contributed by atoms with Gasteiger partial charge in [-0.25, -0.2) is 4.98 Å². The van der Waals surface area contributed by atoms with Crippen molar-refractivity contribution in [1.82, 2.24) is 19.9 Å². The fraction of sp³-hybridized carbons (Fsp3) is 0.294. The number of aliphatic hydroxyl groups is 1. The van der Waals surface area contributed by atoms with Gasteiger partial charge in [-0.1, -0.05) is 18.2 Å². The average Bonchev–Trinajstić information content (AvgIpc) is 3.23. The summed E-state index contributed by atoms with van der Waals surface area (Å²) in [7, 11) is 0. The molecule has 128 valence electrons. The number of benzene rings is 1. The highest BCUT2D eigenvalue weighted by Crippen LogP contribution is 2.30. The van der Waals surface area contributed by atoms with E-state index in [1.807, 2.05) is 36.9 Å². The number of halogens is 2. The Bertz CT molecular complexity index is 803. The van der Waals surface area contributed by atoms with E-state index in [9.17, 15) is 5.11 Å². The monoisotopic (exact) mass is 366 g/mol. The van der Waals surface area contributed by atoms with Gasteiger partial charge >= 0.3 is 0 Å². The van der Waals surface area contributed by atoms with Crippen molar-refractivity contribution in [3.63, 3.8) is 0 Å². The third-order valence-corrected chi connectivity index (χ3v) is 4.40. The molecule has 0 amide bonds. The first-order chi connectivity index (χ1) is 10.9. The lowest BCUT2D eigenvalue weighted by atomic mass is 10.1. The van der Waals surface area contributed by atoms with Gasteiger partial charge in [-0.3, -0.25) is 4.98 Å². The van der Waals surface area contributed by atoms with Gasteiger partial charge in [-0.2, -0.15) is 0 Å². The van der Waals surface area contributed by atoms with Crippen molar-refractivity contribution in [3.8, 4) is 11.4 Å². The summed E-state index contributed by atoms with van der Waals surface area (Å²) in [6.07, 6.45) is 8.50. The number of hydrogen-bond acceptors (Lipinski definition) is 4. The Morgan fingerprint density at radius 3 is 2.88 bits per heavy atom. The number of nitrogens with zero attached hydrogens (tertiary/aromatic N) is 3. The molecule has 0 saturated carbocycles. The first kappa shape index (κ1) is 18.7. The SMILES string of the molecule is Cl.Cl.OC[C@@H]1C[C@H](n2ccnc2-c2cccc3cnccc23)CN1. The van der Waals surface area contributed by atoms with Crippen molar-refractivity contribution in [2.75, 3.05) is 13.2 Å². The van der Waals surface area contributed by atoms with Gasteiger partial charge in [0.25, 0.3) is 0 Å². The van der Waals surface area contributed by atoms with Crippen molar-refractivity contribution < 1.29 is 5.11 Å². The minimum absolute atomic E-state index is 0. The summed E-state index contributed by atoms with van der Waals surface area (Å²) in [5.41, 5.74) is 1.12. The first-order valence-electron chi connectivity index (χ1n) is 7.57. The maximum absolute atomic E-state index is 9.31. The lowest BCUT2D eigenvalue weighted by molar-refractivity contribution is 0.253. The molecular weight excluding hydrogens is 347 g/mol. The van der Waals surface area contributed by atoms with Crippen LogP contribution < -0.4 is 5.32 Å². The van der Waals surface area contributed by atoms with Crippen molar-refractivity contribution in [2.45, 2.75) is 18.5 Å². The Hall–Kier alpha value is -1.66. The van der Waals surface area contributed by atoms with Gasteiger partial charge in [-0.15, -0.1) is 24.8 Å². The van der Waals surface area contributed by atoms with Gasteiger partial charge in [0.1, 0.15) is 5.82 Å². The van der Waals surface area contributed by atoms with E-state index in [-0.39, 0.29) is 37.5 Å². The van der Waals surface area contributed by atoms with E-state index in [0.29, 0.717) is 6.04 Å². The topological polar surface area (TPSA) is 63.0 Å². The molecule has 1 aliphatic rings. The third-order valence-electron chi connectivity index (χ3n) is 4.40. The molecule has 0 spiro atoms. The Labute approximate surface area is 152 Å². The van der Waals surface area contributed by atoms with Gasteiger partial charge in [-0.05, 0) is 17.9 Å². The van der Waals surface area contributed by atoms with Crippen LogP contribution in [0.4, 0.5) is 0 Å². The van der Waals surface area contributed by atoms with Crippen LogP contribution >= 0.6 is 24.8 Å². The summed E-state index contributed by atoms with van der Waals surface area (Å²) in [6.45, 7) is 1.04. The zero-order chi connectivity index (χ0) is 14.9. The predicted octanol–water partition coefficient (Wildman–Crippen LogP) is 2.84. The highest BCUT2D eigenvalue weighted by atomic mass is 35.5. The zero-order valence-corrected chi connectivity index (χ0v) is 14.6. The quantitative estimate of drug-likeness (QED) is 0.747. The van der Waals surface area contributed by atoms with E-state index in [1.54, 1.807) is 0 Å². The minimum Gasteiger partial charge on any atom is -0.395 e. The van der Waals surface area contributed by atoms with Crippen LogP contribution in [-0.2, 0) is 0 Å². The maximum atomic E-state index is 9.31. The number of fused-ring (bicyclic) bond motifs is 1. The molecule has 3 heterocycles. The van der Waals surface area contributed by atoms with E-state index >= 15 is 0 Å². The van der Waals surface area contributed by atoms with Crippen LogP contribution in [0.5, 0.6) is 0 Å². The number of pyridine rings is 1. The molecule has 0 radical (unpaired) electrons. The molecule has 7 heteroatoms. The first-order valence-corrected chi connectivity index (χ1v) is 7.57. The molecule has 0 bridgehead atoms. The number of aromatic nitrogens is 3. The van der Waals surface area contributed by atoms with Gasteiger partial charge in [0.15, 0.2) is 0 Å². The highest BCUT2D eigenvalue weighted by Gasteiger charge is 2.26. The number of imidazole rings is 1. The second-order valence-electron chi connectivity index (χ2n) is 5.74. The van der Waals surface area contributed by atoms with Crippen LogP contribution in [0.1, 0.15) is 12.5 Å². The minimum atomic E-state index is 0. The molecular formula is C17H20Cl2N4O. The van der Waals surface area contributed by atoms with Gasteiger partial charge in [0.05, 0.1) is 6.61 Å². The summed E-state index contributed by atoms with van der Waals surface area (Å²) in [4.78, 5) is 8.78.